The highest BCUT2D eigenvalue weighted by Gasteiger charge is 2.39. The lowest BCUT2D eigenvalue weighted by atomic mass is 9.85. The molecule has 45 heavy (non-hydrogen) atoms. The van der Waals surface area contributed by atoms with E-state index in [1.807, 2.05) is 0 Å². The number of amides is 1. The van der Waals surface area contributed by atoms with Gasteiger partial charge in [0.1, 0.15) is 0 Å². The minimum atomic E-state index is -4.95. The number of halogens is 3. The van der Waals surface area contributed by atoms with Crippen LogP contribution in [0.3, 0.4) is 0 Å². The van der Waals surface area contributed by atoms with Crippen LogP contribution >= 0.6 is 11.3 Å². The summed E-state index contributed by atoms with van der Waals surface area (Å²) in [4.78, 5) is 17.3. The summed E-state index contributed by atoms with van der Waals surface area (Å²) in [5, 5.41) is 2.96. The molecular formula is C31H38F3N3O5S3. The molecule has 1 amide bonds. The van der Waals surface area contributed by atoms with E-state index in [2.05, 4.69) is 15.0 Å². The number of hydrogen-bond acceptors (Lipinski definition) is 7. The Balaban J connectivity index is 1.67. The Morgan fingerprint density at radius 3 is 2.20 bits per heavy atom. The van der Waals surface area contributed by atoms with Gasteiger partial charge in [-0.2, -0.15) is 13.2 Å². The smallest absolute Gasteiger partial charge is 0.302 e. The van der Waals surface area contributed by atoms with E-state index in [0.717, 1.165) is 55.6 Å². The molecule has 1 fully saturated rings. The molecule has 0 spiro atoms. The Kier molecular flexibility index (Phi) is 10.5. The van der Waals surface area contributed by atoms with Crippen molar-refractivity contribution in [2.75, 3.05) is 11.1 Å². The van der Waals surface area contributed by atoms with Gasteiger partial charge in [0.15, 0.2) is 15.0 Å². The third kappa shape index (κ3) is 9.14. The molecule has 4 rings (SSSR count). The molecule has 0 saturated heterocycles. The Bertz CT molecular complexity index is 1740. The van der Waals surface area contributed by atoms with Gasteiger partial charge in [0.2, 0.25) is 15.9 Å². The molecule has 8 nitrogen and oxygen atoms in total. The molecule has 14 heteroatoms. The summed E-state index contributed by atoms with van der Waals surface area (Å²) >= 11 is 1.04. The van der Waals surface area contributed by atoms with Crippen LogP contribution in [0.25, 0.3) is 10.4 Å². The number of aromatic nitrogens is 1. The number of rotatable bonds is 10. The summed E-state index contributed by atoms with van der Waals surface area (Å²) in [6.45, 7) is 6.18. The summed E-state index contributed by atoms with van der Waals surface area (Å²) < 4.78 is 95.2. The topological polar surface area (TPSA) is 122 Å². The van der Waals surface area contributed by atoms with Crippen LogP contribution in [-0.2, 0) is 43.7 Å². The maximum atomic E-state index is 14.3. The molecule has 0 bridgehead atoms. The Morgan fingerprint density at radius 2 is 1.62 bits per heavy atom. The largest absolute Gasteiger partial charge is 0.417 e. The van der Waals surface area contributed by atoms with Gasteiger partial charge in [0, 0.05) is 5.54 Å². The molecule has 1 aliphatic carbocycles. The zero-order chi connectivity index (χ0) is 33.2. The van der Waals surface area contributed by atoms with Crippen molar-refractivity contribution >= 4 is 42.2 Å². The molecule has 0 radical (unpaired) electrons. The summed E-state index contributed by atoms with van der Waals surface area (Å²) in [5.41, 5.74) is -0.986. The molecule has 0 unspecified atom stereocenters. The second-order valence-corrected chi connectivity index (χ2v) is 17.3. The van der Waals surface area contributed by atoms with Crippen LogP contribution in [-0.4, -0.2) is 39.0 Å². The van der Waals surface area contributed by atoms with E-state index < -0.39 is 47.9 Å². The molecule has 1 aliphatic rings. The van der Waals surface area contributed by atoms with E-state index in [1.54, 1.807) is 39.8 Å². The average molecular weight is 686 g/mol. The molecule has 2 aromatic carbocycles. The van der Waals surface area contributed by atoms with E-state index in [1.165, 1.54) is 18.2 Å². The minimum absolute atomic E-state index is 0.0424. The van der Waals surface area contributed by atoms with Crippen molar-refractivity contribution in [3.8, 4) is 10.4 Å². The molecule has 0 aliphatic heterocycles. The highest BCUT2D eigenvalue weighted by Crippen LogP contribution is 2.41. The Labute approximate surface area is 266 Å². The first kappa shape index (κ1) is 35.1. The standard InChI is InChI=1S/C31H38F3N3O5S3/c1-5-44(39,40)23-14-11-21(12-15-23)18-27(38)36-29-35-25(17-20-9-7-6-8-10-20)28(43-29)22-13-16-26(24(19-22)31(32,33)34)45(41,42)37-30(2,3)4/h11-16,19-20,37H,5-10,17-18H2,1-4H3,(H,35,36,38). The molecular weight excluding hydrogens is 648 g/mol. The van der Waals surface area contributed by atoms with Gasteiger partial charge in [-0.25, -0.2) is 26.5 Å². The molecule has 1 heterocycles. The second-order valence-electron chi connectivity index (χ2n) is 12.3. The van der Waals surface area contributed by atoms with Crippen LogP contribution in [0, 0.1) is 5.92 Å². The minimum Gasteiger partial charge on any atom is -0.302 e. The zero-order valence-electron chi connectivity index (χ0n) is 25.6. The van der Waals surface area contributed by atoms with Crippen molar-refractivity contribution in [1.29, 1.82) is 0 Å². The lowest BCUT2D eigenvalue weighted by Gasteiger charge is -2.23. The van der Waals surface area contributed by atoms with Crippen molar-refractivity contribution < 1.29 is 34.8 Å². The number of sulfonamides is 1. The fourth-order valence-corrected chi connectivity index (χ4v) is 8.87. The molecule has 1 aromatic heterocycles. The van der Waals surface area contributed by atoms with Crippen LogP contribution in [0.2, 0.25) is 0 Å². The molecule has 246 valence electrons. The van der Waals surface area contributed by atoms with E-state index in [4.69, 9.17) is 0 Å². The van der Waals surface area contributed by atoms with Crippen LogP contribution in [0.1, 0.15) is 76.6 Å². The number of hydrogen-bond donors (Lipinski definition) is 2. The van der Waals surface area contributed by atoms with Gasteiger partial charge in [-0.05, 0) is 68.5 Å². The fraction of sp³-hybridized carbons (Fsp3) is 0.484. The van der Waals surface area contributed by atoms with E-state index in [0.29, 0.717) is 28.5 Å². The lowest BCUT2D eigenvalue weighted by molar-refractivity contribution is -0.139. The number of benzene rings is 2. The molecule has 3 aromatic rings. The number of sulfone groups is 1. The van der Waals surface area contributed by atoms with Gasteiger partial charge in [0.25, 0.3) is 0 Å². The number of thiazole rings is 1. The number of nitrogens with zero attached hydrogens (tertiary/aromatic N) is 1. The van der Waals surface area contributed by atoms with Crippen molar-refractivity contribution in [2.24, 2.45) is 5.92 Å². The molecule has 0 atom stereocenters. The number of nitrogens with one attached hydrogen (secondary N) is 2. The van der Waals surface area contributed by atoms with Gasteiger partial charge in [-0.15, -0.1) is 0 Å². The number of anilines is 1. The van der Waals surface area contributed by atoms with Crippen LogP contribution in [0.15, 0.2) is 52.3 Å². The van der Waals surface area contributed by atoms with Gasteiger partial charge in [-0.3, -0.25) is 4.79 Å². The third-order valence-corrected chi connectivity index (χ3v) is 12.1. The maximum Gasteiger partial charge on any atom is 0.417 e. The first-order valence-electron chi connectivity index (χ1n) is 14.7. The van der Waals surface area contributed by atoms with Crippen molar-refractivity contribution in [1.82, 2.24) is 9.71 Å². The highest BCUT2D eigenvalue weighted by molar-refractivity contribution is 7.91. The van der Waals surface area contributed by atoms with Gasteiger partial charge < -0.3 is 5.32 Å². The average Bonchev–Trinajstić information content (AvgIpc) is 3.33. The first-order chi connectivity index (χ1) is 20.9. The number of carbonyl (C=O) groups is 1. The summed E-state index contributed by atoms with van der Waals surface area (Å²) in [6, 6.07) is 9.18. The Morgan fingerprint density at radius 1 is 0.978 bits per heavy atom. The van der Waals surface area contributed by atoms with Crippen molar-refractivity contribution in [3.05, 3.63) is 59.3 Å². The van der Waals surface area contributed by atoms with E-state index in [-0.39, 0.29) is 27.8 Å². The van der Waals surface area contributed by atoms with E-state index >= 15 is 0 Å². The highest BCUT2D eigenvalue weighted by atomic mass is 32.2. The molecule has 1 saturated carbocycles. The monoisotopic (exact) mass is 685 g/mol. The van der Waals surface area contributed by atoms with Crippen molar-refractivity contribution in [2.45, 2.75) is 94.1 Å². The normalized spacial score (nSPS) is 15.3. The summed E-state index contributed by atoms with van der Waals surface area (Å²) in [5.74, 6) is -0.172. The zero-order valence-corrected chi connectivity index (χ0v) is 28.1. The maximum absolute atomic E-state index is 14.3. The van der Waals surface area contributed by atoms with Crippen LogP contribution < -0.4 is 10.0 Å². The van der Waals surface area contributed by atoms with E-state index in [9.17, 15) is 34.8 Å². The van der Waals surface area contributed by atoms with Crippen LogP contribution in [0.4, 0.5) is 18.3 Å². The van der Waals surface area contributed by atoms with Gasteiger partial charge in [0.05, 0.1) is 38.1 Å². The van der Waals surface area contributed by atoms with Crippen molar-refractivity contribution in [3.63, 3.8) is 0 Å². The molecule has 2 N–H and O–H groups in total. The SMILES string of the molecule is CCS(=O)(=O)c1ccc(CC(=O)Nc2nc(CC3CCCCC3)c(-c3ccc(S(=O)(=O)NC(C)(C)C)c(C(F)(F)F)c3)s2)cc1. The Hall–Kier alpha value is -2.81. The summed E-state index contributed by atoms with van der Waals surface area (Å²) in [7, 11) is -7.87. The predicted octanol–water partition coefficient (Wildman–Crippen LogP) is 7.00. The lowest BCUT2D eigenvalue weighted by Crippen LogP contribution is -2.41. The predicted molar refractivity (Wildman–Crippen MR) is 169 cm³/mol. The third-order valence-electron chi connectivity index (χ3n) is 7.45. The van der Waals surface area contributed by atoms with Gasteiger partial charge >= 0.3 is 6.18 Å². The quantitative estimate of drug-likeness (QED) is 0.237. The first-order valence-corrected chi connectivity index (χ1v) is 18.7. The number of carbonyl (C=O) groups excluding carboxylic acids is 1. The van der Waals surface area contributed by atoms with Crippen LogP contribution in [0.5, 0.6) is 0 Å². The fourth-order valence-electron chi connectivity index (χ4n) is 5.35. The number of alkyl halides is 3. The second kappa shape index (κ2) is 13.5. The van der Waals surface area contributed by atoms with Gasteiger partial charge in [-0.1, -0.05) is 68.6 Å². The summed E-state index contributed by atoms with van der Waals surface area (Å²) in [6.07, 6.45) is 0.662.